The topological polar surface area (TPSA) is 125 Å². The quantitative estimate of drug-likeness (QED) is 0.457. The van der Waals surface area contributed by atoms with Gasteiger partial charge in [0.1, 0.15) is 18.3 Å². The van der Waals surface area contributed by atoms with Gasteiger partial charge in [0.2, 0.25) is 6.23 Å². The first-order valence-electron chi connectivity index (χ1n) is 9.57. The molecule has 0 aromatic heterocycles. The molecule has 0 aliphatic carbocycles. The number of rotatable bonds is 5. The molecule has 3 rings (SSSR count). The van der Waals surface area contributed by atoms with Crippen LogP contribution in [0.25, 0.3) is 0 Å². The maximum absolute atomic E-state index is 12.9. The van der Waals surface area contributed by atoms with Crippen molar-refractivity contribution in [2.45, 2.75) is 64.1 Å². The Morgan fingerprint density at radius 1 is 1.21 bits per heavy atom. The number of amides is 1. The fourth-order valence-corrected chi connectivity index (χ4v) is 4.33. The van der Waals surface area contributed by atoms with Gasteiger partial charge in [-0.05, 0) is 48.4 Å². The van der Waals surface area contributed by atoms with E-state index in [1.165, 1.54) is 4.90 Å². The minimum absolute atomic E-state index is 0.145. The molecule has 1 aromatic carbocycles. The molecule has 0 bridgehead atoms. The molecule has 2 aliphatic rings. The normalized spacial score (nSPS) is 24.0. The number of hydrogen-bond donors (Lipinski definition) is 5. The molecule has 5 N–H and O–H groups in total. The highest BCUT2D eigenvalue weighted by molar-refractivity contribution is 6.06. The molecule has 4 atom stereocenters. The van der Waals surface area contributed by atoms with E-state index in [0.29, 0.717) is 12.2 Å². The van der Waals surface area contributed by atoms with E-state index in [0.717, 1.165) is 28.8 Å². The number of β-amino-alcohol motifs (C(OH)–C–C–N with tert-alkyl or cyclic N) is 1. The number of hydrogen-bond acceptors (Lipinski definition) is 7. The summed E-state index contributed by atoms with van der Waals surface area (Å²) in [5, 5.41) is 49.6. The second kappa shape index (κ2) is 7.27. The molecule has 4 unspecified atom stereocenters. The summed E-state index contributed by atoms with van der Waals surface area (Å²) in [5.74, 6) is -0.592. The molecule has 8 heteroatoms. The van der Waals surface area contributed by atoms with E-state index in [2.05, 4.69) is 13.8 Å². The Hall–Kier alpha value is -1.71. The molecule has 0 spiro atoms. The maximum atomic E-state index is 12.9. The lowest BCUT2D eigenvalue weighted by Gasteiger charge is -2.49. The summed E-state index contributed by atoms with van der Waals surface area (Å²) in [6, 6.07) is 1.86. The summed E-state index contributed by atoms with van der Waals surface area (Å²) in [5.41, 5.74) is 4.36. The van der Waals surface area contributed by atoms with Crippen molar-refractivity contribution in [2.24, 2.45) is 0 Å². The first-order valence-corrected chi connectivity index (χ1v) is 9.57. The average molecular weight is 394 g/mol. The van der Waals surface area contributed by atoms with Gasteiger partial charge < -0.3 is 35.3 Å². The number of nitrogens with zero attached hydrogens (tertiary/aromatic N) is 2. The van der Waals surface area contributed by atoms with Crippen molar-refractivity contribution in [3.8, 4) is 0 Å². The van der Waals surface area contributed by atoms with Gasteiger partial charge in [-0.25, -0.2) is 0 Å². The van der Waals surface area contributed by atoms with Crippen LogP contribution in [0.1, 0.15) is 37.0 Å². The van der Waals surface area contributed by atoms with Crippen molar-refractivity contribution in [3.05, 3.63) is 22.8 Å². The second-order valence-corrected chi connectivity index (χ2v) is 8.52. The Bertz CT molecular complexity index is 780. The van der Waals surface area contributed by atoms with Gasteiger partial charge in [-0.2, -0.15) is 0 Å². The zero-order valence-corrected chi connectivity index (χ0v) is 16.8. The third-order valence-corrected chi connectivity index (χ3v) is 6.16. The zero-order valence-electron chi connectivity index (χ0n) is 16.8. The molecule has 2 heterocycles. The van der Waals surface area contributed by atoms with Crippen LogP contribution in [0.4, 0.5) is 11.4 Å². The Balaban J connectivity index is 2.10. The Kier molecular flexibility index (Phi) is 5.46. The van der Waals surface area contributed by atoms with Gasteiger partial charge >= 0.3 is 0 Å². The van der Waals surface area contributed by atoms with Gasteiger partial charge in [-0.3, -0.25) is 4.79 Å². The Morgan fingerprint density at radius 2 is 1.86 bits per heavy atom. The Morgan fingerprint density at radius 3 is 2.46 bits per heavy atom. The van der Waals surface area contributed by atoms with Gasteiger partial charge in [0.05, 0.1) is 24.5 Å². The molecule has 156 valence electrons. The van der Waals surface area contributed by atoms with Gasteiger partial charge in [0, 0.05) is 6.54 Å². The van der Waals surface area contributed by atoms with E-state index in [9.17, 15) is 25.2 Å². The third-order valence-electron chi connectivity index (χ3n) is 6.16. The van der Waals surface area contributed by atoms with Crippen molar-refractivity contribution in [3.63, 3.8) is 0 Å². The smallest absolute Gasteiger partial charge is 0.277 e. The first-order chi connectivity index (χ1) is 13.0. The summed E-state index contributed by atoms with van der Waals surface area (Å²) < 4.78 is 0. The number of aryl methyl sites for hydroxylation is 1. The van der Waals surface area contributed by atoms with Crippen LogP contribution in [0.3, 0.4) is 0 Å². The average Bonchev–Trinajstić information content (AvgIpc) is 2.65. The number of carbonyl (C=O) groups is 1. The van der Waals surface area contributed by atoms with Crippen molar-refractivity contribution in [1.82, 2.24) is 0 Å². The van der Waals surface area contributed by atoms with Crippen LogP contribution < -0.4 is 9.80 Å². The highest BCUT2D eigenvalue weighted by atomic mass is 16.4. The summed E-state index contributed by atoms with van der Waals surface area (Å²) in [6.07, 6.45) is -5.22. The largest absolute Gasteiger partial charge is 0.394 e. The van der Waals surface area contributed by atoms with Crippen LogP contribution in [-0.4, -0.2) is 75.7 Å². The first kappa shape index (κ1) is 21.0. The van der Waals surface area contributed by atoms with Gasteiger partial charge in [0.25, 0.3) is 5.91 Å². The number of carbonyl (C=O) groups excluding carboxylic acids is 1. The van der Waals surface area contributed by atoms with Crippen LogP contribution in [-0.2, 0) is 10.2 Å². The fraction of sp³-hybridized carbons (Fsp3) is 0.650. The van der Waals surface area contributed by atoms with Crippen molar-refractivity contribution in [2.75, 3.05) is 29.5 Å². The minimum Gasteiger partial charge on any atom is -0.394 e. The van der Waals surface area contributed by atoms with E-state index in [1.54, 1.807) is 4.90 Å². The molecular weight excluding hydrogens is 364 g/mol. The minimum atomic E-state index is -1.62. The standard InChI is InChI=1S/C20H30N2O6/c1-10-7-12-16-15(11(10)2)20(3,4)5-6-21(16)18(27)19(28)22(12)8-13(24)17(26)14(25)9-23/h7,13-14,17-18,23-27H,5-6,8-9H2,1-4H3. The lowest BCUT2D eigenvalue weighted by molar-refractivity contribution is -0.128. The second-order valence-electron chi connectivity index (χ2n) is 8.52. The summed E-state index contributed by atoms with van der Waals surface area (Å²) in [6.45, 7) is 7.76. The molecule has 1 aromatic rings. The zero-order chi connectivity index (χ0) is 21.0. The van der Waals surface area contributed by atoms with Gasteiger partial charge in [-0.15, -0.1) is 0 Å². The van der Waals surface area contributed by atoms with Crippen molar-refractivity contribution >= 4 is 17.3 Å². The highest BCUT2D eigenvalue weighted by Gasteiger charge is 2.45. The fourth-order valence-electron chi connectivity index (χ4n) is 4.33. The van der Waals surface area contributed by atoms with E-state index in [1.807, 2.05) is 19.9 Å². The lowest BCUT2D eigenvalue weighted by atomic mass is 9.73. The molecular formula is C20H30N2O6. The molecule has 8 nitrogen and oxygen atoms in total. The number of benzene rings is 1. The van der Waals surface area contributed by atoms with E-state index < -0.39 is 37.1 Å². The molecule has 28 heavy (non-hydrogen) atoms. The van der Waals surface area contributed by atoms with Crippen molar-refractivity contribution in [1.29, 1.82) is 0 Å². The van der Waals surface area contributed by atoms with Crippen LogP contribution in [0.2, 0.25) is 0 Å². The third kappa shape index (κ3) is 3.19. The molecule has 0 radical (unpaired) electrons. The molecule has 2 aliphatic heterocycles. The monoisotopic (exact) mass is 394 g/mol. The van der Waals surface area contributed by atoms with Gasteiger partial charge in [0.15, 0.2) is 0 Å². The van der Waals surface area contributed by atoms with Gasteiger partial charge in [-0.1, -0.05) is 13.8 Å². The number of anilines is 2. The summed E-state index contributed by atoms with van der Waals surface area (Å²) >= 11 is 0. The van der Waals surface area contributed by atoms with Crippen LogP contribution in [0.5, 0.6) is 0 Å². The number of aliphatic hydroxyl groups excluding tert-OH is 5. The molecule has 0 saturated heterocycles. The predicted octanol–water partition coefficient (Wildman–Crippen LogP) is -0.469. The lowest BCUT2D eigenvalue weighted by Crippen LogP contribution is -2.59. The molecule has 0 saturated carbocycles. The molecule has 1 amide bonds. The highest BCUT2D eigenvalue weighted by Crippen LogP contribution is 2.50. The number of aliphatic hydroxyl groups is 5. The van der Waals surface area contributed by atoms with Crippen LogP contribution in [0, 0.1) is 13.8 Å². The van der Waals surface area contributed by atoms with E-state index in [4.69, 9.17) is 5.11 Å². The van der Waals surface area contributed by atoms with Crippen LogP contribution >= 0.6 is 0 Å². The summed E-state index contributed by atoms with van der Waals surface area (Å²) in [7, 11) is 0. The predicted molar refractivity (Wildman–Crippen MR) is 104 cm³/mol. The van der Waals surface area contributed by atoms with E-state index >= 15 is 0 Å². The van der Waals surface area contributed by atoms with E-state index in [-0.39, 0.29) is 12.0 Å². The van der Waals surface area contributed by atoms with Crippen molar-refractivity contribution < 1.29 is 30.3 Å². The maximum Gasteiger partial charge on any atom is 0.277 e. The summed E-state index contributed by atoms with van der Waals surface area (Å²) in [4.78, 5) is 15.8. The Labute approximate surface area is 164 Å². The molecule has 0 fully saturated rings. The SMILES string of the molecule is Cc1cc2c3c(c1C)C(C)(C)CCN3C(O)C(=O)N2CC(O)C(O)C(O)CO. The van der Waals surface area contributed by atoms with Crippen LogP contribution in [0.15, 0.2) is 6.07 Å².